The molecule has 1 aromatic heterocycles. The summed E-state index contributed by atoms with van der Waals surface area (Å²) in [6.07, 6.45) is 1.42. The van der Waals surface area contributed by atoms with Gasteiger partial charge in [-0.25, -0.2) is 4.98 Å². The Morgan fingerprint density at radius 1 is 1.50 bits per heavy atom. The van der Waals surface area contributed by atoms with E-state index in [1.165, 1.54) is 6.20 Å². The number of ether oxygens (including phenoxy) is 1. The van der Waals surface area contributed by atoms with Gasteiger partial charge in [0.1, 0.15) is 5.75 Å². The number of benzene rings is 1. The second-order valence-corrected chi connectivity index (χ2v) is 2.83. The summed E-state index contributed by atoms with van der Waals surface area (Å²) in [6, 6.07) is 5.25. The Morgan fingerprint density at radius 3 is 3.00 bits per heavy atom. The molecule has 0 saturated heterocycles. The molecule has 2 rings (SSSR count). The molecule has 2 N–H and O–H groups in total. The second kappa shape index (κ2) is 3.02. The third-order valence-corrected chi connectivity index (χ3v) is 1.94. The summed E-state index contributed by atoms with van der Waals surface area (Å²) in [5.74, 6) is 0.692. The van der Waals surface area contributed by atoms with Crippen LogP contribution in [0.4, 0.5) is 0 Å². The van der Waals surface area contributed by atoms with Crippen LogP contribution in [0.2, 0.25) is 0 Å². The fourth-order valence-corrected chi connectivity index (χ4v) is 1.22. The summed E-state index contributed by atoms with van der Waals surface area (Å²) in [4.78, 5) is 3.87. The summed E-state index contributed by atoms with van der Waals surface area (Å²) >= 11 is 0. The average Bonchev–Trinajstić information content (AvgIpc) is 2.19. The quantitative estimate of drug-likeness (QED) is 0.654. The molecule has 0 radical (unpaired) electrons. The topological polar surface area (TPSA) is 71.1 Å². The van der Waals surface area contributed by atoms with Crippen LogP contribution in [-0.2, 0) is 0 Å². The first-order valence-electron chi connectivity index (χ1n) is 4.02. The van der Waals surface area contributed by atoms with Crippen LogP contribution in [0.25, 0.3) is 10.9 Å². The highest BCUT2D eigenvalue weighted by Crippen LogP contribution is 2.16. The molecule has 1 heterocycles. The van der Waals surface area contributed by atoms with Gasteiger partial charge < -0.3 is 9.94 Å². The summed E-state index contributed by atoms with van der Waals surface area (Å²) in [5.41, 5.74) is 0.462. The molecule has 0 unspecified atom stereocenters. The first-order valence-corrected chi connectivity index (χ1v) is 4.02. The SMILES string of the molecule is COc1ccc2nc(=N)n(O)cc2c1. The molecule has 0 bridgehead atoms. The van der Waals surface area contributed by atoms with E-state index in [1.54, 1.807) is 25.3 Å². The molecule has 5 heteroatoms. The molecule has 0 amide bonds. The van der Waals surface area contributed by atoms with Crippen molar-refractivity contribution in [3.8, 4) is 5.75 Å². The predicted octanol–water partition coefficient (Wildman–Crippen LogP) is 0.762. The van der Waals surface area contributed by atoms with Crippen LogP contribution in [0, 0.1) is 5.41 Å². The molecule has 14 heavy (non-hydrogen) atoms. The molecular formula is C9H9N3O2. The van der Waals surface area contributed by atoms with E-state index in [0.717, 1.165) is 5.39 Å². The second-order valence-electron chi connectivity index (χ2n) is 2.83. The van der Waals surface area contributed by atoms with E-state index in [1.807, 2.05) is 0 Å². The molecule has 0 aliphatic rings. The third kappa shape index (κ3) is 1.28. The molecule has 5 nitrogen and oxygen atoms in total. The van der Waals surface area contributed by atoms with Gasteiger partial charge in [0.2, 0.25) is 0 Å². The summed E-state index contributed by atoms with van der Waals surface area (Å²) in [7, 11) is 1.57. The maximum Gasteiger partial charge on any atom is 0.255 e. The molecule has 0 aliphatic carbocycles. The van der Waals surface area contributed by atoms with Gasteiger partial charge in [-0.05, 0) is 18.2 Å². The van der Waals surface area contributed by atoms with Crippen molar-refractivity contribution in [2.24, 2.45) is 0 Å². The van der Waals surface area contributed by atoms with Crippen molar-refractivity contribution >= 4 is 10.9 Å². The Morgan fingerprint density at radius 2 is 2.29 bits per heavy atom. The number of nitrogens with one attached hydrogen (secondary N) is 1. The Balaban J connectivity index is 2.77. The lowest BCUT2D eigenvalue weighted by Gasteiger charge is -2.02. The van der Waals surface area contributed by atoms with Crippen LogP contribution >= 0.6 is 0 Å². The van der Waals surface area contributed by atoms with E-state index in [2.05, 4.69) is 4.98 Å². The largest absolute Gasteiger partial charge is 0.497 e. The van der Waals surface area contributed by atoms with Gasteiger partial charge in [0.25, 0.3) is 5.62 Å². The maximum absolute atomic E-state index is 9.21. The van der Waals surface area contributed by atoms with Gasteiger partial charge in [-0.15, -0.1) is 0 Å². The third-order valence-electron chi connectivity index (χ3n) is 1.94. The summed E-state index contributed by atoms with van der Waals surface area (Å²) in [5, 5.41) is 17.2. The highest BCUT2D eigenvalue weighted by Gasteiger charge is 1.99. The Labute approximate surface area is 79.7 Å². The fraction of sp³-hybridized carbons (Fsp3) is 0.111. The van der Waals surface area contributed by atoms with E-state index in [0.29, 0.717) is 16.0 Å². The number of nitrogens with zero attached hydrogens (tertiary/aromatic N) is 2. The lowest BCUT2D eigenvalue weighted by atomic mass is 10.2. The molecule has 0 spiro atoms. The molecule has 0 fully saturated rings. The molecule has 0 atom stereocenters. The molecule has 72 valence electrons. The predicted molar refractivity (Wildman–Crippen MR) is 49.3 cm³/mol. The van der Waals surface area contributed by atoms with Crippen LogP contribution in [0.15, 0.2) is 24.4 Å². The van der Waals surface area contributed by atoms with Crippen LogP contribution in [0.3, 0.4) is 0 Å². The van der Waals surface area contributed by atoms with Gasteiger partial charge in [-0.2, -0.15) is 4.73 Å². The Bertz CT molecular complexity index is 533. The average molecular weight is 191 g/mol. The monoisotopic (exact) mass is 191 g/mol. The van der Waals surface area contributed by atoms with Gasteiger partial charge in [-0.1, -0.05) is 0 Å². The highest BCUT2D eigenvalue weighted by molar-refractivity contribution is 5.78. The van der Waals surface area contributed by atoms with Gasteiger partial charge in [-0.3, -0.25) is 5.41 Å². The standard InChI is InChI=1S/C9H9N3O2/c1-14-7-2-3-8-6(4-7)5-12(13)9(10)11-8/h2-5,10,13H,1H3. The lowest BCUT2D eigenvalue weighted by molar-refractivity contribution is 0.167. The van der Waals surface area contributed by atoms with E-state index in [-0.39, 0.29) is 5.62 Å². The minimum Gasteiger partial charge on any atom is -0.497 e. The summed E-state index contributed by atoms with van der Waals surface area (Å²) < 4.78 is 5.70. The van der Waals surface area contributed by atoms with Gasteiger partial charge >= 0.3 is 0 Å². The molecule has 0 aliphatic heterocycles. The number of aromatic nitrogens is 2. The zero-order chi connectivity index (χ0) is 10.1. The van der Waals surface area contributed by atoms with Crippen LogP contribution in [0.1, 0.15) is 0 Å². The van der Waals surface area contributed by atoms with Gasteiger partial charge in [0.15, 0.2) is 0 Å². The van der Waals surface area contributed by atoms with Crippen LogP contribution in [0.5, 0.6) is 5.75 Å². The first-order chi connectivity index (χ1) is 6.70. The van der Waals surface area contributed by atoms with Crippen molar-refractivity contribution in [2.45, 2.75) is 0 Å². The Hall–Kier alpha value is -2.04. The number of fused-ring (bicyclic) bond motifs is 1. The number of hydrogen-bond acceptors (Lipinski definition) is 4. The van der Waals surface area contributed by atoms with Crippen molar-refractivity contribution in [1.82, 2.24) is 9.71 Å². The van der Waals surface area contributed by atoms with Crippen LogP contribution < -0.4 is 10.4 Å². The maximum atomic E-state index is 9.21. The van der Waals surface area contributed by atoms with E-state index < -0.39 is 0 Å². The fourth-order valence-electron chi connectivity index (χ4n) is 1.22. The highest BCUT2D eigenvalue weighted by atomic mass is 16.5. The van der Waals surface area contributed by atoms with Crippen molar-refractivity contribution in [3.05, 3.63) is 30.0 Å². The first kappa shape index (κ1) is 8.55. The number of methoxy groups -OCH3 is 1. The van der Waals surface area contributed by atoms with Gasteiger partial charge in [0, 0.05) is 5.39 Å². The number of hydrogen-bond donors (Lipinski definition) is 2. The number of rotatable bonds is 1. The van der Waals surface area contributed by atoms with E-state index in [4.69, 9.17) is 10.1 Å². The lowest BCUT2D eigenvalue weighted by Crippen LogP contribution is -2.19. The normalized spacial score (nSPS) is 10.4. The van der Waals surface area contributed by atoms with Gasteiger partial charge in [0.05, 0.1) is 18.8 Å². The molecule has 1 aromatic carbocycles. The van der Waals surface area contributed by atoms with E-state index >= 15 is 0 Å². The van der Waals surface area contributed by atoms with E-state index in [9.17, 15) is 5.21 Å². The zero-order valence-corrected chi connectivity index (χ0v) is 7.56. The van der Waals surface area contributed by atoms with Crippen molar-refractivity contribution in [1.29, 1.82) is 5.41 Å². The molecule has 2 aromatic rings. The summed E-state index contributed by atoms with van der Waals surface area (Å²) in [6.45, 7) is 0. The smallest absolute Gasteiger partial charge is 0.255 e. The van der Waals surface area contributed by atoms with Crippen molar-refractivity contribution in [2.75, 3.05) is 7.11 Å². The van der Waals surface area contributed by atoms with Crippen LogP contribution in [-0.4, -0.2) is 22.0 Å². The zero-order valence-electron chi connectivity index (χ0n) is 7.56. The Kier molecular flexibility index (Phi) is 1.85. The minimum atomic E-state index is -0.192. The van der Waals surface area contributed by atoms with Crippen molar-refractivity contribution < 1.29 is 9.94 Å². The molecule has 0 saturated carbocycles. The van der Waals surface area contributed by atoms with Crippen molar-refractivity contribution in [3.63, 3.8) is 0 Å². The minimum absolute atomic E-state index is 0.192. The molecular weight excluding hydrogens is 182 g/mol.